The number of hydrogen-bond donors (Lipinski definition) is 1. The van der Waals surface area contributed by atoms with E-state index in [1.807, 2.05) is 5.38 Å². The van der Waals surface area contributed by atoms with Crippen LogP contribution in [0.1, 0.15) is 38.5 Å². The van der Waals surface area contributed by atoms with Gasteiger partial charge in [0.2, 0.25) is 12.7 Å². The first-order valence-corrected chi connectivity index (χ1v) is 10.8. The summed E-state index contributed by atoms with van der Waals surface area (Å²) in [5.74, 6) is -3.61. The smallest absolute Gasteiger partial charge is 0.377 e. The highest BCUT2D eigenvalue weighted by atomic mass is 32.1. The topological polar surface area (TPSA) is 138 Å². The molecule has 2 saturated heterocycles. The minimum absolute atomic E-state index is 0.0861. The summed E-state index contributed by atoms with van der Waals surface area (Å²) in [6.07, 6.45) is -0.276. The first-order chi connectivity index (χ1) is 15.0. The third-order valence-electron chi connectivity index (χ3n) is 4.71. The molecule has 0 bridgehead atoms. The maximum atomic E-state index is 12.9. The average molecular weight is 468 g/mol. The van der Waals surface area contributed by atoms with E-state index in [1.54, 1.807) is 32.9 Å². The quantitative estimate of drug-likeness (QED) is 0.452. The molecule has 32 heavy (non-hydrogen) atoms. The Kier molecular flexibility index (Phi) is 6.84. The number of amides is 2. The van der Waals surface area contributed by atoms with Gasteiger partial charge in [-0.25, -0.2) is 4.79 Å². The summed E-state index contributed by atoms with van der Waals surface area (Å²) in [7, 11) is 0. The molecule has 2 aliphatic rings. The molecule has 0 spiro atoms. The Balaban J connectivity index is 1.64. The van der Waals surface area contributed by atoms with Crippen LogP contribution in [0.25, 0.3) is 0 Å². The molecule has 0 saturated carbocycles. The number of esters is 3. The van der Waals surface area contributed by atoms with Gasteiger partial charge in [-0.05, 0) is 32.2 Å². The second kappa shape index (κ2) is 9.25. The zero-order chi connectivity index (χ0) is 23.5. The molecule has 0 radical (unpaired) electrons. The van der Waals surface area contributed by atoms with E-state index in [0.717, 1.165) is 4.88 Å². The van der Waals surface area contributed by atoms with Gasteiger partial charge >= 0.3 is 23.6 Å². The van der Waals surface area contributed by atoms with E-state index in [1.165, 1.54) is 11.3 Å². The monoisotopic (exact) mass is 468 g/mol. The maximum absolute atomic E-state index is 12.9. The van der Waals surface area contributed by atoms with E-state index < -0.39 is 53.7 Å². The van der Waals surface area contributed by atoms with Crippen LogP contribution in [0.5, 0.6) is 0 Å². The zero-order valence-corrected chi connectivity index (χ0v) is 18.7. The molecule has 2 aliphatic heterocycles. The highest BCUT2D eigenvalue weighted by Gasteiger charge is 2.60. The van der Waals surface area contributed by atoms with Crippen LogP contribution in [0, 0.1) is 5.41 Å². The van der Waals surface area contributed by atoms with Crippen molar-refractivity contribution < 1.29 is 43.0 Å². The van der Waals surface area contributed by atoms with Crippen molar-refractivity contribution in [2.45, 2.75) is 51.8 Å². The van der Waals surface area contributed by atoms with E-state index in [2.05, 4.69) is 5.32 Å². The first-order valence-electron chi connectivity index (χ1n) is 9.88. The Labute approximate surface area is 187 Å². The molecule has 0 aliphatic carbocycles. The summed E-state index contributed by atoms with van der Waals surface area (Å²) >= 11 is 1.40. The van der Waals surface area contributed by atoms with E-state index >= 15 is 0 Å². The van der Waals surface area contributed by atoms with Gasteiger partial charge in [0.1, 0.15) is 12.6 Å². The molecule has 1 aromatic rings. The molecule has 0 aromatic carbocycles. The maximum Gasteiger partial charge on any atom is 0.377 e. The minimum atomic E-state index is -2.16. The predicted molar refractivity (Wildman–Crippen MR) is 107 cm³/mol. The lowest BCUT2D eigenvalue weighted by molar-refractivity contribution is -0.262. The summed E-state index contributed by atoms with van der Waals surface area (Å²) in [5, 5.41) is 5.01. The molecule has 2 atom stereocenters. The average Bonchev–Trinajstić information content (AvgIpc) is 3.43. The number of carbonyl (C=O) groups excluding carboxylic acids is 5. The summed E-state index contributed by atoms with van der Waals surface area (Å²) < 4.78 is 15.0. The number of nitrogens with one attached hydrogen (secondary N) is 1. The predicted octanol–water partition coefficient (Wildman–Crippen LogP) is 0.673. The van der Waals surface area contributed by atoms with Gasteiger partial charge in [-0.15, -0.1) is 11.3 Å². The van der Waals surface area contributed by atoms with Crippen LogP contribution < -0.4 is 5.32 Å². The summed E-state index contributed by atoms with van der Waals surface area (Å²) in [5.41, 5.74) is -2.97. The summed E-state index contributed by atoms with van der Waals surface area (Å²) in [4.78, 5) is 67.7. The van der Waals surface area contributed by atoms with E-state index in [-0.39, 0.29) is 25.9 Å². The third kappa shape index (κ3) is 5.07. The molecule has 1 unspecified atom stereocenters. The number of rotatable bonds is 7. The number of cyclic esters (lactones) is 1. The Hall–Kier alpha value is -2.99. The van der Waals surface area contributed by atoms with Crippen molar-refractivity contribution in [2.75, 3.05) is 13.4 Å². The van der Waals surface area contributed by atoms with Crippen molar-refractivity contribution in [1.29, 1.82) is 0 Å². The van der Waals surface area contributed by atoms with Gasteiger partial charge in [0.15, 0.2) is 0 Å². The summed E-state index contributed by atoms with van der Waals surface area (Å²) in [6, 6.07) is 2.53. The molecule has 3 rings (SSSR count). The van der Waals surface area contributed by atoms with Crippen molar-refractivity contribution in [1.82, 2.24) is 10.4 Å². The van der Waals surface area contributed by atoms with Crippen LogP contribution in [0.3, 0.4) is 0 Å². The number of hydrogen-bond acceptors (Lipinski definition) is 10. The Morgan fingerprint density at radius 3 is 2.62 bits per heavy atom. The van der Waals surface area contributed by atoms with Crippen molar-refractivity contribution in [3.63, 3.8) is 0 Å². The largest absolute Gasteiger partial charge is 0.427 e. The van der Waals surface area contributed by atoms with Gasteiger partial charge in [-0.2, -0.15) is 5.06 Å². The molecule has 174 valence electrons. The molecule has 2 amide bonds. The van der Waals surface area contributed by atoms with Crippen LogP contribution >= 0.6 is 11.3 Å². The molecule has 3 heterocycles. The second-order valence-electron chi connectivity index (χ2n) is 8.29. The standard InChI is InChI=1S/C20H24N2O9S/c1-19(2,3)17(26)28-11-29-18(27)20(7-6-15(24)31-20)22-16(25)13(10-30-22)21-14(23)9-12-5-4-8-32-12/h4-5,8,13H,6-7,9-11H2,1-3H3,(H,21,23)/t13-,20?/m0/s1. The highest BCUT2D eigenvalue weighted by Crippen LogP contribution is 2.35. The van der Waals surface area contributed by atoms with Gasteiger partial charge in [-0.3, -0.25) is 24.0 Å². The van der Waals surface area contributed by atoms with Crippen molar-refractivity contribution in [3.05, 3.63) is 22.4 Å². The van der Waals surface area contributed by atoms with Crippen LogP contribution in [0.2, 0.25) is 0 Å². The molecular weight excluding hydrogens is 444 g/mol. The number of hydroxylamine groups is 2. The van der Waals surface area contributed by atoms with Gasteiger partial charge in [-0.1, -0.05) is 6.07 Å². The normalized spacial score (nSPS) is 23.1. The number of nitrogens with zero attached hydrogens (tertiary/aromatic N) is 1. The SMILES string of the molecule is CC(C)(C)C(=O)OCOC(=O)C1(N2OC[C@H](NC(=O)Cc3cccs3)C2=O)CCC(=O)O1. The number of thiophene rings is 1. The fourth-order valence-electron chi connectivity index (χ4n) is 3.03. The van der Waals surface area contributed by atoms with Crippen LogP contribution in [0.15, 0.2) is 17.5 Å². The fraction of sp³-hybridized carbons (Fsp3) is 0.550. The van der Waals surface area contributed by atoms with Crippen LogP contribution in [-0.4, -0.2) is 60.0 Å². The zero-order valence-electron chi connectivity index (χ0n) is 17.9. The lowest BCUT2D eigenvalue weighted by Gasteiger charge is -2.32. The highest BCUT2D eigenvalue weighted by molar-refractivity contribution is 7.10. The minimum Gasteiger partial charge on any atom is -0.427 e. The van der Waals surface area contributed by atoms with E-state index in [0.29, 0.717) is 5.06 Å². The number of carbonyl (C=O) groups is 5. The molecule has 2 fully saturated rings. The van der Waals surface area contributed by atoms with E-state index in [9.17, 15) is 24.0 Å². The van der Waals surface area contributed by atoms with Crippen LogP contribution in [-0.2, 0) is 49.4 Å². The van der Waals surface area contributed by atoms with E-state index in [4.69, 9.17) is 19.0 Å². The van der Waals surface area contributed by atoms with Crippen molar-refractivity contribution in [3.8, 4) is 0 Å². The second-order valence-corrected chi connectivity index (χ2v) is 9.33. The number of ether oxygens (including phenoxy) is 3. The van der Waals surface area contributed by atoms with Gasteiger partial charge in [0.25, 0.3) is 5.91 Å². The molecule has 11 nitrogen and oxygen atoms in total. The first kappa shape index (κ1) is 23.7. The molecule has 1 aromatic heterocycles. The summed E-state index contributed by atoms with van der Waals surface area (Å²) in [6.45, 7) is 3.90. The third-order valence-corrected chi connectivity index (χ3v) is 5.59. The Bertz CT molecular complexity index is 909. The lowest BCUT2D eigenvalue weighted by atomic mass is 9.98. The fourth-order valence-corrected chi connectivity index (χ4v) is 3.73. The van der Waals surface area contributed by atoms with Gasteiger partial charge in [0.05, 0.1) is 18.3 Å². The Morgan fingerprint density at radius 1 is 1.28 bits per heavy atom. The molecule has 12 heteroatoms. The molecule has 1 N–H and O–H groups in total. The van der Waals surface area contributed by atoms with Gasteiger partial charge in [0, 0.05) is 11.3 Å². The lowest BCUT2D eigenvalue weighted by Crippen LogP contribution is -2.57. The molecular formula is C20H24N2O9S. The Morgan fingerprint density at radius 2 is 2.03 bits per heavy atom. The van der Waals surface area contributed by atoms with Gasteiger partial charge < -0.3 is 19.5 Å². The van der Waals surface area contributed by atoms with Crippen molar-refractivity contribution >= 4 is 41.1 Å². The van der Waals surface area contributed by atoms with Crippen molar-refractivity contribution in [2.24, 2.45) is 5.41 Å². The van der Waals surface area contributed by atoms with Crippen LogP contribution in [0.4, 0.5) is 0 Å².